The van der Waals surface area contributed by atoms with E-state index < -0.39 is 0 Å². The Labute approximate surface area is 210 Å². The largest absolute Gasteiger partial charge is 0.381 e. The number of fused-ring (bicyclic) bond motifs is 1. The third kappa shape index (κ3) is 4.51. The predicted octanol–water partition coefficient (Wildman–Crippen LogP) is 3.18. The van der Waals surface area contributed by atoms with Crippen LogP contribution in [0.15, 0.2) is 24.4 Å². The van der Waals surface area contributed by atoms with Gasteiger partial charge in [0.15, 0.2) is 0 Å². The van der Waals surface area contributed by atoms with Crippen molar-refractivity contribution in [3.8, 4) is 0 Å². The van der Waals surface area contributed by atoms with Crippen LogP contribution in [0.2, 0.25) is 5.02 Å². The summed E-state index contributed by atoms with van der Waals surface area (Å²) in [4.78, 5) is 22.2. The summed E-state index contributed by atoms with van der Waals surface area (Å²) in [6.45, 7) is 6.57. The topological polar surface area (TPSA) is 76.2 Å². The highest BCUT2D eigenvalue weighted by Crippen LogP contribution is 2.59. The SMILES string of the molecule is CO[C@H]1COC[C@H]1N1CCN(c2cc3cc(NC(=O)[C@@H]4CC45CCOCC5)ncc3cc2Cl)CC1. The van der Waals surface area contributed by atoms with Crippen molar-refractivity contribution >= 4 is 39.8 Å². The van der Waals surface area contributed by atoms with Gasteiger partial charge in [0.25, 0.3) is 0 Å². The summed E-state index contributed by atoms with van der Waals surface area (Å²) in [6.07, 6.45) is 4.85. The second-order valence-corrected chi connectivity index (χ2v) is 10.8. The number of methoxy groups -OCH3 is 1. The number of nitrogens with zero attached hydrogens (tertiary/aromatic N) is 3. The van der Waals surface area contributed by atoms with E-state index in [1.165, 1.54) is 0 Å². The number of benzene rings is 1. The minimum atomic E-state index is 0.0731. The number of hydrogen-bond donors (Lipinski definition) is 1. The summed E-state index contributed by atoms with van der Waals surface area (Å²) < 4.78 is 16.7. The van der Waals surface area contributed by atoms with Gasteiger partial charge in [-0.1, -0.05) is 11.6 Å². The van der Waals surface area contributed by atoms with Crippen LogP contribution in [0.4, 0.5) is 11.5 Å². The summed E-state index contributed by atoms with van der Waals surface area (Å²) in [5, 5.41) is 5.78. The third-order valence-electron chi connectivity index (χ3n) is 8.46. The number of halogens is 1. The molecule has 3 aliphatic heterocycles. The van der Waals surface area contributed by atoms with Crippen LogP contribution in [0.5, 0.6) is 0 Å². The zero-order valence-corrected chi connectivity index (χ0v) is 20.9. The monoisotopic (exact) mass is 500 g/mol. The molecule has 1 N–H and O–H groups in total. The standard InChI is InChI=1S/C26H33ClN4O4/c1-33-23-16-35-15-22(23)31-6-4-30(5-7-31)21-11-17-12-24(28-14-18(17)10-20(21)27)29-25(32)19-13-26(19)2-8-34-9-3-26/h10-12,14,19,22-23H,2-9,13,15-16H2,1H3,(H,28,29,32)/t19-,22+,23-/m0/s1. The van der Waals surface area contributed by atoms with E-state index in [2.05, 4.69) is 26.2 Å². The highest BCUT2D eigenvalue weighted by Gasteiger charge is 2.58. The molecule has 1 aromatic heterocycles. The third-order valence-corrected chi connectivity index (χ3v) is 8.76. The number of anilines is 2. The molecule has 0 bridgehead atoms. The Morgan fingerprint density at radius 2 is 1.91 bits per heavy atom. The predicted molar refractivity (Wildman–Crippen MR) is 135 cm³/mol. The van der Waals surface area contributed by atoms with Crippen LogP contribution in [0.25, 0.3) is 10.8 Å². The van der Waals surface area contributed by atoms with Crippen LogP contribution in [0.1, 0.15) is 19.3 Å². The second kappa shape index (κ2) is 9.48. The Morgan fingerprint density at radius 3 is 2.69 bits per heavy atom. The molecule has 9 heteroatoms. The molecule has 2 aromatic rings. The molecule has 8 nitrogen and oxygen atoms in total. The van der Waals surface area contributed by atoms with E-state index in [9.17, 15) is 4.79 Å². The van der Waals surface area contributed by atoms with Gasteiger partial charge in [-0.2, -0.15) is 0 Å². The number of amides is 1. The van der Waals surface area contributed by atoms with Crippen molar-refractivity contribution in [2.75, 3.05) is 69.9 Å². The molecule has 188 valence electrons. The number of piperazine rings is 1. The summed E-state index contributed by atoms with van der Waals surface area (Å²) in [5.41, 5.74) is 1.17. The lowest BCUT2D eigenvalue weighted by Crippen LogP contribution is -2.54. The minimum Gasteiger partial charge on any atom is -0.381 e. The first kappa shape index (κ1) is 23.4. The molecular weight excluding hydrogens is 468 g/mol. The maximum Gasteiger partial charge on any atom is 0.229 e. The molecule has 6 rings (SSSR count). The highest BCUT2D eigenvalue weighted by atomic mass is 35.5. The molecule has 1 amide bonds. The van der Waals surface area contributed by atoms with Crippen LogP contribution in [0.3, 0.4) is 0 Å². The van der Waals surface area contributed by atoms with Gasteiger partial charge < -0.3 is 24.4 Å². The van der Waals surface area contributed by atoms with Crippen molar-refractivity contribution in [2.45, 2.75) is 31.4 Å². The Hall–Kier alpha value is -1.97. The van der Waals surface area contributed by atoms with Gasteiger partial charge in [0.2, 0.25) is 5.91 Å². The molecule has 1 aromatic carbocycles. The molecule has 1 saturated carbocycles. The van der Waals surface area contributed by atoms with Gasteiger partial charge in [-0.05, 0) is 48.3 Å². The number of aromatic nitrogens is 1. The van der Waals surface area contributed by atoms with Crippen molar-refractivity contribution in [1.82, 2.24) is 9.88 Å². The first-order valence-electron chi connectivity index (χ1n) is 12.6. The zero-order chi connectivity index (χ0) is 24.0. The second-order valence-electron chi connectivity index (χ2n) is 10.3. The Balaban J connectivity index is 1.14. The average molecular weight is 501 g/mol. The van der Waals surface area contributed by atoms with E-state index in [0.29, 0.717) is 18.5 Å². The van der Waals surface area contributed by atoms with Crippen LogP contribution < -0.4 is 10.2 Å². The molecule has 4 fully saturated rings. The number of carbonyl (C=O) groups is 1. The van der Waals surface area contributed by atoms with Gasteiger partial charge in [-0.25, -0.2) is 4.98 Å². The molecule has 1 aliphatic carbocycles. The van der Waals surface area contributed by atoms with Gasteiger partial charge in [-0.3, -0.25) is 9.69 Å². The molecule has 0 unspecified atom stereocenters. The first-order chi connectivity index (χ1) is 17.1. The van der Waals surface area contributed by atoms with Gasteiger partial charge >= 0.3 is 0 Å². The minimum absolute atomic E-state index is 0.0731. The van der Waals surface area contributed by atoms with E-state index in [0.717, 1.165) is 86.7 Å². The van der Waals surface area contributed by atoms with E-state index in [1.807, 2.05) is 12.1 Å². The Kier molecular flexibility index (Phi) is 6.35. The van der Waals surface area contributed by atoms with E-state index in [-0.39, 0.29) is 23.3 Å². The fourth-order valence-corrected chi connectivity index (χ4v) is 6.40. The quantitative estimate of drug-likeness (QED) is 0.675. The molecule has 3 atom stereocenters. The summed E-state index contributed by atoms with van der Waals surface area (Å²) in [5.74, 6) is 0.750. The first-order valence-corrected chi connectivity index (χ1v) is 13.0. The normalized spacial score (nSPS) is 28.5. The molecule has 3 saturated heterocycles. The number of pyridine rings is 1. The van der Waals surface area contributed by atoms with Crippen molar-refractivity contribution < 1.29 is 19.0 Å². The molecule has 35 heavy (non-hydrogen) atoms. The van der Waals surface area contributed by atoms with Crippen molar-refractivity contribution in [1.29, 1.82) is 0 Å². The molecule has 0 radical (unpaired) electrons. The van der Waals surface area contributed by atoms with Crippen molar-refractivity contribution in [3.63, 3.8) is 0 Å². The van der Waals surface area contributed by atoms with Crippen LogP contribution in [0, 0.1) is 11.3 Å². The van der Waals surface area contributed by atoms with E-state index in [4.69, 9.17) is 25.8 Å². The number of carbonyl (C=O) groups excluding carboxylic acids is 1. The molecule has 1 spiro atoms. The van der Waals surface area contributed by atoms with Crippen LogP contribution in [-0.2, 0) is 19.0 Å². The summed E-state index contributed by atoms with van der Waals surface area (Å²) >= 11 is 6.70. The van der Waals surface area contributed by atoms with Crippen molar-refractivity contribution in [2.24, 2.45) is 11.3 Å². The summed E-state index contributed by atoms with van der Waals surface area (Å²) in [7, 11) is 1.76. The molecule has 4 aliphatic rings. The van der Waals surface area contributed by atoms with Gasteiger partial charge in [0, 0.05) is 64.0 Å². The molecule has 4 heterocycles. The van der Waals surface area contributed by atoms with Gasteiger partial charge in [-0.15, -0.1) is 0 Å². The number of ether oxygens (including phenoxy) is 3. The zero-order valence-electron chi connectivity index (χ0n) is 20.2. The van der Waals surface area contributed by atoms with Gasteiger partial charge in [0.1, 0.15) is 5.82 Å². The highest BCUT2D eigenvalue weighted by molar-refractivity contribution is 6.34. The fourth-order valence-electron chi connectivity index (χ4n) is 6.11. The summed E-state index contributed by atoms with van der Waals surface area (Å²) in [6, 6.07) is 6.37. The maximum absolute atomic E-state index is 12.9. The molecular formula is C26H33ClN4O4. The average Bonchev–Trinajstić information content (AvgIpc) is 3.34. The Bertz CT molecular complexity index is 1100. The lowest BCUT2D eigenvalue weighted by atomic mass is 9.93. The van der Waals surface area contributed by atoms with Gasteiger partial charge in [0.05, 0.1) is 36.1 Å². The lowest BCUT2D eigenvalue weighted by Gasteiger charge is -2.40. The fraction of sp³-hybridized carbons (Fsp3) is 0.615. The Morgan fingerprint density at radius 1 is 1.11 bits per heavy atom. The maximum atomic E-state index is 12.9. The van der Waals surface area contributed by atoms with Crippen LogP contribution in [-0.4, -0.2) is 87.7 Å². The van der Waals surface area contributed by atoms with E-state index >= 15 is 0 Å². The number of nitrogens with one attached hydrogen (secondary N) is 1. The van der Waals surface area contributed by atoms with Crippen LogP contribution >= 0.6 is 11.6 Å². The lowest BCUT2D eigenvalue weighted by molar-refractivity contribution is -0.118. The smallest absolute Gasteiger partial charge is 0.229 e. The number of hydrogen-bond acceptors (Lipinski definition) is 7. The number of rotatable bonds is 5. The van der Waals surface area contributed by atoms with E-state index in [1.54, 1.807) is 13.3 Å². The van der Waals surface area contributed by atoms with Crippen molar-refractivity contribution in [3.05, 3.63) is 29.4 Å².